The van der Waals surface area contributed by atoms with Crippen molar-refractivity contribution in [1.82, 2.24) is 0 Å². The minimum atomic E-state index is -1.51. The molecule has 6 heteroatoms. The molecule has 72 valence electrons. The van der Waals surface area contributed by atoms with Crippen molar-refractivity contribution in [3.05, 3.63) is 0 Å². The van der Waals surface area contributed by atoms with Gasteiger partial charge in [0.1, 0.15) is 24.4 Å². The number of aliphatic hydroxyl groups is 5. The van der Waals surface area contributed by atoms with Gasteiger partial charge < -0.3 is 30.3 Å². The van der Waals surface area contributed by atoms with Gasteiger partial charge in [0.15, 0.2) is 6.29 Å². The van der Waals surface area contributed by atoms with Crippen LogP contribution in [0.25, 0.3) is 0 Å². The smallest absolute Gasteiger partial charge is 0.184 e. The quantitative estimate of drug-likeness (QED) is 0.306. The van der Waals surface area contributed by atoms with Crippen LogP contribution in [0.2, 0.25) is 0 Å². The van der Waals surface area contributed by atoms with E-state index < -0.39 is 37.3 Å². The predicted octanol–water partition coefficient (Wildman–Crippen LogP) is -3.22. The molecule has 1 aliphatic heterocycles. The maximum absolute atomic E-state index is 9.12. The van der Waals surface area contributed by atoms with Crippen molar-refractivity contribution < 1.29 is 30.3 Å². The van der Waals surface area contributed by atoms with Gasteiger partial charge in [-0.25, -0.2) is 0 Å². The molecule has 12 heavy (non-hydrogen) atoms. The molecule has 0 aromatic heterocycles. The maximum atomic E-state index is 9.12. The van der Waals surface area contributed by atoms with Gasteiger partial charge in [-0.2, -0.15) is 0 Å². The first-order valence-corrected chi connectivity index (χ1v) is 3.56. The van der Waals surface area contributed by atoms with Gasteiger partial charge in [-0.05, 0) is 0 Å². The second kappa shape index (κ2) is 3.65. The fraction of sp³-hybridized carbons (Fsp3) is 1.00. The summed E-state index contributed by atoms with van der Waals surface area (Å²) in [6.07, 6.45) is -6.75. The fourth-order valence-corrected chi connectivity index (χ4v) is 1.11. The summed E-state index contributed by atoms with van der Waals surface area (Å²) in [5.74, 6) is 0. The first-order valence-electron chi connectivity index (χ1n) is 3.56. The Morgan fingerprint density at radius 3 is 2.08 bits per heavy atom. The van der Waals surface area contributed by atoms with Gasteiger partial charge in [-0.15, -0.1) is 0 Å². The number of hydrogen-bond acceptors (Lipinski definition) is 6. The third kappa shape index (κ3) is 1.58. The molecule has 1 aliphatic rings. The van der Waals surface area contributed by atoms with Crippen molar-refractivity contribution in [2.24, 2.45) is 0 Å². The molecular weight excluding hydrogens is 168 g/mol. The lowest BCUT2D eigenvalue weighted by Crippen LogP contribution is -2.40. The predicted molar refractivity (Wildman–Crippen MR) is 36.0 cm³/mol. The molecule has 0 spiro atoms. The summed E-state index contributed by atoms with van der Waals surface area (Å²) in [6.45, 7) is -0.596. The average Bonchev–Trinajstić information content (AvgIpc) is 2.32. The molecule has 1 saturated heterocycles. The highest BCUT2D eigenvalue weighted by molar-refractivity contribution is 4.89. The van der Waals surface area contributed by atoms with E-state index >= 15 is 0 Å². The second-order valence-corrected chi connectivity index (χ2v) is 2.72. The summed E-state index contributed by atoms with van der Waals surface area (Å²) >= 11 is 0. The third-order valence-electron chi connectivity index (χ3n) is 1.84. The maximum Gasteiger partial charge on any atom is 0.184 e. The van der Waals surface area contributed by atoms with Gasteiger partial charge in [0.05, 0.1) is 6.61 Å². The van der Waals surface area contributed by atoms with Crippen LogP contribution in [0.5, 0.6) is 0 Å². The molecule has 6 nitrogen and oxygen atoms in total. The van der Waals surface area contributed by atoms with Gasteiger partial charge in [0.25, 0.3) is 0 Å². The third-order valence-corrected chi connectivity index (χ3v) is 1.84. The number of hydrogen-bond donors (Lipinski definition) is 5. The van der Waals surface area contributed by atoms with E-state index in [4.69, 9.17) is 25.5 Å². The van der Waals surface area contributed by atoms with E-state index in [9.17, 15) is 0 Å². The highest BCUT2D eigenvalue weighted by Crippen LogP contribution is 2.21. The van der Waals surface area contributed by atoms with Crippen molar-refractivity contribution in [2.45, 2.75) is 30.7 Å². The minimum Gasteiger partial charge on any atom is -0.394 e. The van der Waals surface area contributed by atoms with Gasteiger partial charge in [-0.1, -0.05) is 0 Å². The molecule has 5 atom stereocenters. The molecule has 1 unspecified atom stereocenters. The number of ether oxygens (including phenoxy) is 1. The van der Waals surface area contributed by atoms with Crippen molar-refractivity contribution in [1.29, 1.82) is 0 Å². The Hall–Kier alpha value is -0.240. The molecule has 1 heterocycles. The fourth-order valence-electron chi connectivity index (χ4n) is 1.11. The molecule has 0 radical (unpaired) electrons. The van der Waals surface area contributed by atoms with Crippen molar-refractivity contribution >= 4 is 0 Å². The Morgan fingerprint density at radius 2 is 1.75 bits per heavy atom. The SMILES string of the molecule is OCC(O)[C@@H]1O[C@H](O)[C@H](O)[C@@H]1O. The molecule has 1 fully saturated rings. The monoisotopic (exact) mass is 180 g/mol. The van der Waals surface area contributed by atoms with Gasteiger partial charge in [0, 0.05) is 0 Å². The summed E-state index contributed by atoms with van der Waals surface area (Å²) < 4.78 is 4.58. The van der Waals surface area contributed by atoms with Crippen LogP contribution in [0.4, 0.5) is 0 Å². The molecule has 0 amide bonds. The number of aliphatic hydroxyl groups excluding tert-OH is 5. The Morgan fingerprint density at radius 1 is 1.17 bits per heavy atom. The van der Waals surface area contributed by atoms with E-state index in [1.165, 1.54) is 0 Å². The topological polar surface area (TPSA) is 110 Å². The van der Waals surface area contributed by atoms with E-state index in [1.54, 1.807) is 0 Å². The van der Waals surface area contributed by atoms with Gasteiger partial charge in [0.2, 0.25) is 0 Å². The standard InChI is InChI=1S/C6H12O6/c7-1-2(8)5-3(9)4(10)6(11)12-5/h2-11H,1H2/t2?,3-,4+,5-,6-/m0/s1. The van der Waals surface area contributed by atoms with Gasteiger partial charge in [-0.3, -0.25) is 0 Å². The Kier molecular flexibility index (Phi) is 2.99. The average molecular weight is 180 g/mol. The molecule has 0 aromatic carbocycles. The summed E-state index contributed by atoms with van der Waals surface area (Å²) in [6, 6.07) is 0. The van der Waals surface area contributed by atoms with Crippen molar-refractivity contribution in [3.8, 4) is 0 Å². The molecule has 0 aliphatic carbocycles. The van der Waals surface area contributed by atoms with E-state index in [0.29, 0.717) is 0 Å². The lowest BCUT2D eigenvalue weighted by molar-refractivity contribution is -0.150. The zero-order chi connectivity index (χ0) is 9.30. The van der Waals surface area contributed by atoms with Crippen molar-refractivity contribution in [3.63, 3.8) is 0 Å². The zero-order valence-electron chi connectivity index (χ0n) is 6.24. The van der Waals surface area contributed by atoms with E-state index in [-0.39, 0.29) is 0 Å². The summed E-state index contributed by atoms with van der Waals surface area (Å²) in [4.78, 5) is 0. The summed E-state index contributed by atoms with van der Waals surface area (Å²) in [7, 11) is 0. The van der Waals surface area contributed by atoms with E-state index in [0.717, 1.165) is 0 Å². The first kappa shape index (κ1) is 9.85. The van der Waals surface area contributed by atoms with Crippen LogP contribution in [0.15, 0.2) is 0 Å². The van der Waals surface area contributed by atoms with Crippen LogP contribution in [0.1, 0.15) is 0 Å². The lowest BCUT2D eigenvalue weighted by atomic mass is 10.1. The Balaban J connectivity index is 2.58. The van der Waals surface area contributed by atoms with Crippen LogP contribution in [-0.2, 0) is 4.74 Å². The Labute approximate surface area is 68.6 Å². The van der Waals surface area contributed by atoms with E-state index in [2.05, 4.69) is 4.74 Å². The highest BCUT2D eigenvalue weighted by atomic mass is 16.6. The molecule has 1 rings (SSSR count). The summed E-state index contributed by atoms with van der Waals surface area (Å²) in [5, 5.41) is 44.4. The molecule has 0 bridgehead atoms. The van der Waals surface area contributed by atoms with E-state index in [1.807, 2.05) is 0 Å². The lowest BCUT2D eigenvalue weighted by Gasteiger charge is -2.18. The number of rotatable bonds is 2. The van der Waals surface area contributed by atoms with Crippen LogP contribution in [-0.4, -0.2) is 62.8 Å². The normalized spacial score (nSPS) is 44.8. The largest absolute Gasteiger partial charge is 0.394 e. The second-order valence-electron chi connectivity index (χ2n) is 2.72. The zero-order valence-corrected chi connectivity index (χ0v) is 6.24. The van der Waals surface area contributed by atoms with Crippen LogP contribution in [0.3, 0.4) is 0 Å². The Bertz CT molecular complexity index is 151. The molecular formula is C6H12O6. The van der Waals surface area contributed by atoms with Crippen molar-refractivity contribution in [2.75, 3.05) is 6.61 Å². The molecule has 0 aromatic rings. The summed E-state index contributed by atoms with van der Waals surface area (Å²) in [5.41, 5.74) is 0. The van der Waals surface area contributed by atoms with Crippen LogP contribution in [0, 0.1) is 0 Å². The van der Waals surface area contributed by atoms with Gasteiger partial charge >= 0.3 is 0 Å². The molecule has 0 saturated carbocycles. The molecule has 5 N–H and O–H groups in total. The highest BCUT2D eigenvalue weighted by Gasteiger charge is 2.44. The van der Waals surface area contributed by atoms with Crippen LogP contribution >= 0.6 is 0 Å². The van der Waals surface area contributed by atoms with Crippen LogP contribution < -0.4 is 0 Å². The minimum absolute atomic E-state index is 0.596. The first-order chi connectivity index (χ1) is 5.57.